The van der Waals surface area contributed by atoms with E-state index in [1.54, 1.807) is 24.3 Å². The highest BCUT2D eigenvalue weighted by atomic mass is 16.1. The average molecular weight is 242 g/mol. The molecule has 94 valence electrons. The van der Waals surface area contributed by atoms with Gasteiger partial charge in [-0.25, -0.2) is 0 Å². The number of rotatable bonds is 3. The molecule has 2 rings (SSSR count). The van der Waals surface area contributed by atoms with Gasteiger partial charge in [-0.15, -0.1) is 0 Å². The SMILES string of the molecule is CC1CCNC(CC(=O)c2ccc(C#N)cc2)C1. The molecule has 0 bridgehead atoms. The van der Waals surface area contributed by atoms with Crippen LogP contribution in [-0.4, -0.2) is 18.4 Å². The molecule has 0 radical (unpaired) electrons. The molecular formula is C15H18N2O. The number of nitriles is 1. The topological polar surface area (TPSA) is 52.9 Å². The third kappa shape index (κ3) is 3.18. The molecule has 2 atom stereocenters. The fourth-order valence-corrected chi connectivity index (χ4v) is 2.45. The number of benzene rings is 1. The fourth-order valence-electron chi connectivity index (χ4n) is 2.45. The van der Waals surface area contributed by atoms with Crippen LogP contribution in [0.4, 0.5) is 0 Å². The summed E-state index contributed by atoms with van der Waals surface area (Å²) in [5.74, 6) is 0.858. The predicted molar refractivity (Wildman–Crippen MR) is 70.3 cm³/mol. The Morgan fingerprint density at radius 3 is 2.78 bits per heavy atom. The van der Waals surface area contributed by atoms with Gasteiger partial charge in [0.25, 0.3) is 0 Å². The van der Waals surface area contributed by atoms with Gasteiger partial charge in [-0.3, -0.25) is 4.79 Å². The highest BCUT2D eigenvalue weighted by Crippen LogP contribution is 2.18. The van der Waals surface area contributed by atoms with Crippen molar-refractivity contribution in [2.45, 2.75) is 32.2 Å². The maximum absolute atomic E-state index is 12.1. The molecule has 1 saturated heterocycles. The molecule has 1 N–H and O–H groups in total. The number of carbonyl (C=O) groups excluding carboxylic acids is 1. The van der Waals surface area contributed by atoms with Crippen molar-refractivity contribution in [2.24, 2.45) is 5.92 Å². The second kappa shape index (κ2) is 5.79. The number of hydrogen-bond acceptors (Lipinski definition) is 3. The Hall–Kier alpha value is -1.66. The molecule has 2 unspecified atom stereocenters. The van der Waals surface area contributed by atoms with E-state index in [0.29, 0.717) is 29.5 Å². The van der Waals surface area contributed by atoms with Crippen LogP contribution in [0, 0.1) is 17.2 Å². The van der Waals surface area contributed by atoms with E-state index in [4.69, 9.17) is 5.26 Å². The summed E-state index contributed by atoms with van der Waals surface area (Å²) in [5.41, 5.74) is 1.30. The lowest BCUT2D eigenvalue weighted by Crippen LogP contribution is -2.38. The van der Waals surface area contributed by atoms with Crippen molar-refractivity contribution in [3.05, 3.63) is 35.4 Å². The monoisotopic (exact) mass is 242 g/mol. The standard InChI is InChI=1S/C15H18N2O/c1-11-6-7-17-14(8-11)9-15(18)13-4-2-12(10-16)3-5-13/h2-5,11,14,17H,6-9H2,1H3. The van der Waals surface area contributed by atoms with E-state index < -0.39 is 0 Å². The van der Waals surface area contributed by atoms with Crippen LogP contribution >= 0.6 is 0 Å². The first-order valence-corrected chi connectivity index (χ1v) is 6.46. The van der Waals surface area contributed by atoms with Crippen molar-refractivity contribution in [3.63, 3.8) is 0 Å². The molecule has 0 aliphatic carbocycles. The normalized spacial score (nSPS) is 23.3. The molecule has 3 heteroatoms. The van der Waals surface area contributed by atoms with Crippen molar-refractivity contribution < 1.29 is 4.79 Å². The molecule has 18 heavy (non-hydrogen) atoms. The van der Waals surface area contributed by atoms with Crippen LogP contribution in [0.15, 0.2) is 24.3 Å². The lowest BCUT2D eigenvalue weighted by molar-refractivity contribution is 0.0959. The van der Waals surface area contributed by atoms with Crippen LogP contribution in [0.2, 0.25) is 0 Å². The van der Waals surface area contributed by atoms with Crippen LogP contribution in [0.25, 0.3) is 0 Å². The molecule has 1 heterocycles. The summed E-state index contributed by atoms with van der Waals surface area (Å²) in [5, 5.41) is 12.1. The first kappa shape index (κ1) is 12.8. The van der Waals surface area contributed by atoms with Gasteiger partial charge in [0, 0.05) is 18.0 Å². The highest BCUT2D eigenvalue weighted by molar-refractivity contribution is 5.96. The molecular weight excluding hydrogens is 224 g/mol. The van der Waals surface area contributed by atoms with E-state index in [-0.39, 0.29) is 5.78 Å². The molecule has 3 nitrogen and oxygen atoms in total. The Kier molecular flexibility index (Phi) is 4.11. The van der Waals surface area contributed by atoms with Crippen molar-refractivity contribution >= 4 is 5.78 Å². The molecule has 1 fully saturated rings. The second-order valence-corrected chi connectivity index (χ2v) is 5.10. The zero-order valence-corrected chi connectivity index (χ0v) is 10.6. The minimum atomic E-state index is 0.158. The molecule has 1 aliphatic rings. The zero-order valence-electron chi connectivity index (χ0n) is 10.6. The van der Waals surface area contributed by atoms with Crippen LogP contribution in [0.3, 0.4) is 0 Å². The zero-order chi connectivity index (χ0) is 13.0. The number of ketones is 1. The quantitative estimate of drug-likeness (QED) is 0.829. The van der Waals surface area contributed by atoms with Gasteiger partial charge in [-0.05, 0) is 37.4 Å². The average Bonchev–Trinajstić information content (AvgIpc) is 2.39. The first-order chi connectivity index (χ1) is 8.69. The Morgan fingerprint density at radius 2 is 2.17 bits per heavy atom. The van der Waals surface area contributed by atoms with E-state index in [2.05, 4.69) is 18.3 Å². The number of nitrogens with one attached hydrogen (secondary N) is 1. The van der Waals surface area contributed by atoms with Crippen molar-refractivity contribution in [2.75, 3.05) is 6.54 Å². The minimum Gasteiger partial charge on any atom is -0.314 e. The third-order valence-corrected chi connectivity index (χ3v) is 3.52. The lowest BCUT2D eigenvalue weighted by atomic mass is 9.90. The summed E-state index contributed by atoms with van der Waals surface area (Å²) in [6.07, 6.45) is 2.82. The highest BCUT2D eigenvalue weighted by Gasteiger charge is 2.21. The van der Waals surface area contributed by atoms with Gasteiger partial charge >= 0.3 is 0 Å². The van der Waals surface area contributed by atoms with Crippen LogP contribution in [0.5, 0.6) is 0 Å². The fraction of sp³-hybridized carbons (Fsp3) is 0.467. The third-order valence-electron chi connectivity index (χ3n) is 3.52. The van der Waals surface area contributed by atoms with Gasteiger partial charge in [-0.2, -0.15) is 5.26 Å². The molecule has 0 amide bonds. The van der Waals surface area contributed by atoms with E-state index in [0.717, 1.165) is 13.0 Å². The summed E-state index contributed by atoms with van der Waals surface area (Å²) in [7, 11) is 0. The van der Waals surface area contributed by atoms with Gasteiger partial charge in [0.1, 0.15) is 0 Å². The van der Waals surface area contributed by atoms with E-state index in [1.165, 1.54) is 6.42 Å². The van der Waals surface area contributed by atoms with Crippen LogP contribution in [0.1, 0.15) is 42.1 Å². The number of hydrogen-bond donors (Lipinski definition) is 1. The van der Waals surface area contributed by atoms with Crippen LogP contribution < -0.4 is 5.32 Å². The lowest BCUT2D eigenvalue weighted by Gasteiger charge is -2.27. The van der Waals surface area contributed by atoms with Gasteiger partial charge < -0.3 is 5.32 Å². The Balaban J connectivity index is 1.96. The minimum absolute atomic E-state index is 0.158. The Morgan fingerprint density at radius 1 is 1.44 bits per heavy atom. The Bertz CT molecular complexity index is 458. The second-order valence-electron chi connectivity index (χ2n) is 5.10. The maximum atomic E-state index is 12.1. The summed E-state index contributed by atoms with van der Waals surface area (Å²) in [6.45, 7) is 3.24. The number of piperidine rings is 1. The molecule has 1 aromatic carbocycles. The van der Waals surface area contributed by atoms with Gasteiger partial charge in [0.15, 0.2) is 5.78 Å². The van der Waals surface area contributed by atoms with Crippen molar-refractivity contribution in [3.8, 4) is 6.07 Å². The largest absolute Gasteiger partial charge is 0.314 e. The van der Waals surface area contributed by atoms with Gasteiger partial charge in [-0.1, -0.05) is 19.1 Å². The van der Waals surface area contributed by atoms with Gasteiger partial charge in [0.2, 0.25) is 0 Å². The molecule has 0 aromatic heterocycles. The number of carbonyl (C=O) groups is 1. The first-order valence-electron chi connectivity index (χ1n) is 6.46. The van der Waals surface area contributed by atoms with Crippen LogP contribution in [-0.2, 0) is 0 Å². The smallest absolute Gasteiger partial charge is 0.164 e. The molecule has 0 saturated carbocycles. The number of nitrogens with zero attached hydrogens (tertiary/aromatic N) is 1. The van der Waals surface area contributed by atoms with Crippen molar-refractivity contribution in [1.82, 2.24) is 5.32 Å². The van der Waals surface area contributed by atoms with E-state index >= 15 is 0 Å². The summed E-state index contributed by atoms with van der Waals surface area (Å²) >= 11 is 0. The molecule has 1 aliphatic heterocycles. The predicted octanol–water partition coefficient (Wildman–Crippen LogP) is 2.52. The van der Waals surface area contributed by atoms with Gasteiger partial charge in [0.05, 0.1) is 11.6 Å². The van der Waals surface area contributed by atoms with E-state index in [1.807, 2.05) is 0 Å². The summed E-state index contributed by atoms with van der Waals surface area (Å²) in [4.78, 5) is 12.1. The molecule has 1 aromatic rings. The summed E-state index contributed by atoms with van der Waals surface area (Å²) in [6, 6.07) is 9.24. The Labute approximate surface area is 108 Å². The summed E-state index contributed by atoms with van der Waals surface area (Å²) < 4.78 is 0. The van der Waals surface area contributed by atoms with Crippen molar-refractivity contribution in [1.29, 1.82) is 5.26 Å². The number of Topliss-reactive ketones (excluding diaryl/α,β-unsaturated/α-hetero) is 1. The maximum Gasteiger partial charge on any atom is 0.164 e. The van der Waals surface area contributed by atoms with E-state index in [9.17, 15) is 4.79 Å². The molecule has 0 spiro atoms.